The van der Waals surface area contributed by atoms with E-state index in [0.29, 0.717) is 25.5 Å². The lowest BCUT2D eigenvalue weighted by atomic mass is 10.2. The Hall–Kier alpha value is -1.26. The van der Waals surface area contributed by atoms with E-state index < -0.39 is 0 Å². The van der Waals surface area contributed by atoms with Crippen molar-refractivity contribution in [2.75, 3.05) is 40.2 Å². The number of amides is 1. The molecular formula is C16H25ClN2O2. The number of halogens is 1. The number of alkyl halides is 1. The summed E-state index contributed by atoms with van der Waals surface area (Å²) in [5.41, 5.74) is 1.06. The van der Waals surface area contributed by atoms with Gasteiger partial charge in [0.2, 0.25) is 5.91 Å². The molecule has 4 nitrogen and oxygen atoms in total. The van der Waals surface area contributed by atoms with Crippen LogP contribution in [0, 0.1) is 0 Å². The Kier molecular flexibility index (Phi) is 8.16. The van der Waals surface area contributed by atoms with Gasteiger partial charge in [0.15, 0.2) is 0 Å². The van der Waals surface area contributed by atoms with Gasteiger partial charge in [-0.15, -0.1) is 11.6 Å². The van der Waals surface area contributed by atoms with E-state index in [2.05, 4.69) is 4.90 Å². The molecular weight excluding hydrogens is 288 g/mol. The van der Waals surface area contributed by atoms with E-state index in [1.165, 1.54) is 0 Å². The van der Waals surface area contributed by atoms with Crippen LogP contribution >= 0.6 is 11.6 Å². The molecule has 118 valence electrons. The smallest absolute Gasteiger partial charge is 0.223 e. The fraction of sp³-hybridized carbons (Fsp3) is 0.562. The number of ether oxygens (including phenoxy) is 1. The molecule has 1 amide bonds. The molecule has 0 saturated heterocycles. The van der Waals surface area contributed by atoms with Gasteiger partial charge < -0.3 is 14.5 Å². The molecule has 0 heterocycles. The molecule has 1 aromatic rings. The van der Waals surface area contributed by atoms with Crippen molar-refractivity contribution in [2.24, 2.45) is 0 Å². The summed E-state index contributed by atoms with van der Waals surface area (Å²) in [5.74, 6) is 1.27. The molecule has 0 spiro atoms. The maximum atomic E-state index is 11.7. The van der Waals surface area contributed by atoms with E-state index in [1.54, 1.807) is 11.9 Å². The summed E-state index contributed by atoms with van der Waals surface area (Å²) in [6.07, 6.45) is 1.37. The van der Waals surface area contributed by atoms with Crippen molar-refractivity contribution < 1.29 is 9.53 Å². The second-order valence-electron chi connectivity index (χ2n) is 5.34. The molecule has 0 fully saturated rings. The van der Waals surface area contributed by atoms with Crippen molar-refractivity contribution in [1.29, 1.82) is 0 Å². The summed E-state index contributed by atoms with van der Waals surface area (Å²) in [6.45, 7) is 2.28. The minimum absolute atomic E-state index is 0.0577. The fourth-order valence-electron chi connectivity index (χ4n) is 1.94. The largest absolute Gasteiger partial charge is 0.494 e. The average Bonchev–Trinajstić information content (AvgIpc) is 2.44. The highest BCUT2D eigenvalue weighted by molar-refractivity contribution is 6.18. The first-order valence-corrected chi connectivity index (χ1v) is 7.72. The lowest BCUT2D eigenvalue weighted by Gasteiger charge is -2.17. The summed E-state index contributed by atoms with van der Waals surface area (Å²) >= 11 is 5.59. The van der Waals surface area contributed by atoms with Crippen molar-refractivity contribution in [1.82, 2.24) is 9.80 Å². The Morgan fingerprint density at radius 1 is 1.29 bits per heavy atom. The zero-order chi connectivity index (χ0) is 15.7. The third kappa shape index (κ3) is 7.34. The van der Waals surface area contributed by atoms with Crippen molar-refractivity contribution in [2.45, 2.75) is 19.4 Å². The first kappa shape index (κ1) is 17.8. The number of hydrogen-bond donors (Lipinski definition) is 0. The highest BCUT2D eigenvalue weighted by Crippen LogP contribution is 2.15. The maximum Gasteiger partial charge on any atom is 0.223 e. The van der Waals surface area contributed by atoms with Crippen molar-refractivity contribution in [3.63, 3.8) is 0 Å². The Morgan fingerprint density at radius 3 is 2.71 bits per heavy atom. The highest BCUT2D eigenvalue weighted by Gasteiger charge is 2.08. The van der Waals surface area contributed by atoms with E-state index in [0.717, 1.165) is 24.3 Å². The molecule has 0 saturated carbocycles. The summed E-state index contributed by atoms with van der Waals surface area (Å²) in [7, 11) is 5.89. The van der Waals surface area contributed by atoms with Crippen LogP contribution in [0.3, 0.4) is 0 Å². The van der Waals surface area contributed by atoms with Gasteiger partial charge in [0.1, 0.15) is 5.75 Å². The molecule has 0 bridgehead atoms. The lowest BCUT2D eigenvalue weighted by molar-refractivity contribution is -0.129. The van der Waals surface area contributed by atoms with Crippen molar-refractivity contribution >= 4 is 17.5 Å². The topological polar surface area (TPSA) is 32.8 Å². The van der Waals surface area contributed by atoms with E-state index >= 15 is 0 Å². The van der Waals surface area contributed by atoms with Crippen LogP contribution < -0.4 is 4.74 Å². The second-order valence-corrected chi connectivity index (χ2v) is 5.72. The molecule has 0 aromatic heterocycles. The maximum absolute atomic E-state index is 11.7. The number of hydrogen-bond acceptors (Lipinski definition) is 3. The van der Waals surface area contributed by atoms with Gasteiger partial charge in [-0.1, -0.05) is 12.1 Å². The normalized spacial score (nSPS) is 10.7. The van der Waals surface area contributed by atoms with E-state index in [9.17, 15) is 4.79 Å². The first-order valence-electron chi connectivity index (χ1n) is 7.19. The average molecular weight is 313 g/mol. The van der Waals surface area contributed by atoms with Gasteiger partial charge in [0, 0.05) is 32.4 Å². The number of carbonyl (C=O) groups excluding carboxylic acids is 1. The van der Waals surface area contributed by atoms with Crippen LogP contribution in [-0.2, 0) is 11.3 Å². The third-order valence-electron chi connectivity index (χ3n) is 3.07. The van der Waals surface area contributed by atoms with Gasteiger partial charge in [-0.2, -0.15) is 0 Å². The zero-order valence-corrected chi connectivity index (χ0v) is 13.9. The monoisotopic (exact) mass is 312 g/mol. The van der Waals surface area contributed by atoms with Crippen LogP contribution in [0.4, 0.5) is 0 Å². The Bertz CT molecular complexity index is 438. The minimum atomic E-state index is 0.0577. The van der Waals surface area contributed by atoms with Crippen LogP contribution in [0.25, 0.3) is 0 Å². The SMILES string of the molecule is CN(C)CCCOc1cccc(CN(C)C(=O)CCCl)c1. The van der Waals surface area contributed by atoms with Gasteiger partial charge in [-0.25, -0.2) is 0 Å². The van der Waals surface area contributed by atoms with Crippen LogP contribution in [0.2, 0.25) is 0 Å². The molecule has 1 aromatic carbocycles. The number of rotatable bonds is 9. The van der Waals surface area contributed by atoms with Gasteiger partial charge >= 0.3 is 0 Å². The van der Waals surface area contributed by atoms with E-state index in [4.69, 9.17) is 16.3 Å². The van der Waals surface area contributed by atoms with Gasteiger partial charge in [0.25, 0.3) is 0 Å². The molecule has 0 aliphatic rings. The summed E-state index contributed by atoms with van der Waals surface area (Å²) in [6, 6.07) is 7.88. The fourth-order valence-corrected chi connectivity index (χ4v) is 2.10. The zero-order valence-electron chi connectivity index (χ0n) is 13.1. The van der Waals surface area contributed by atoms with Crippen LogP contribution in [-0.4, -0.2) is 55.9 Å². The minimum Gasteiger partial charge on any atom is -0.494 e. The summed E-state index contributed by atoms with van der Waals surface area (Å²) < 4.78 is 5.74. The second kappa shape index (κ2) is 9.64. The first-order chi connectivity index (χ1) is 10.0. The molecule has 0 atom stereocenters. The predicted molar refractivity (Wildman–Crippen MR) is 86.9 cm³/mol. The number of carbonyl (C=O) groups is 1. The molecule has 0 aliphatic carbocycles. The van der Waals surface area contributed by atoms with Crippen molar-refractivity contribution in [3.05, 3.63) is 29.8 Å². The van der Waals surface area contributed by atoms with Crippen LogP contribution in [0.5, 0.6) is 5.75 Å². The highest BCUT2D eigenvalue weighted by atomic mass is 35.5. The molecule has 5 heteroatoms. The van der Waals surface area contributed by atoms with E-state index in [-0.39, 0.29) is 5.91 Å². The van der Waals surface area contributed by atoms with E-state index in [1.807, 2.05) is 38.4 Å². The summed E-state index contributed by atoms with van der Waals surface area (Å²) in [5, 5.41) is 0. The van der Waals surface area contributed by atoms with Crippen molar-refractivity contribution in [3.8, 4) is 5.75 Å². The van der Waals surface area contributed by atoms with Crippen LogP contribution in [0.15, 0.2) is 24.3 Å². The Balaban J connectivity index is 2.46. The Labute approximate surface area is 132 Å². The third-order valence-corrected chi connectivity index (χ3v) is 3.26. The molecule has 1 rings (SSSR count). The Morgan fingerprint density at radius 2 is 2.05 bits per heavy atom. The van der Waals surface area contributed by atoms with Gasteiger partial charge in [-0.05, 0) is 38.2 Å². The molecule has 0 N–H and O–H groups in total. The molecule has 0 radical (unpaired) electrons. The van der Waals surface area contributed by atoms with Gasteiger partial charge in [0.05, 0.1) is 6.61 Å². The summed E-state index contributed by atoms with van der Waals surface area (Å²) in [4.78, 5) is 15.5. The lowest BCUT2D eigenvalue weighted by Crippen LogP contribution is -2.26. The number of benzene rings is 1. The quantitative estimate of drug-likeness (QED) is 0.519. The molecule has 0 aliphatic heterocycles. The van der Waals surface area contributed by atoms with Crippen LogP contribution in [0.1, 0.15) is 18.4 Å². The molecule has 21 heavy (non-hydrogen) atoms. The molecule has 0 unspecified atom stereocenters. The standard InChI is InChI=1S/C16H25ClN2O2/c1-18(2)10-5-11-21-15-7-4-6-14(12-15)13-19(3)16(20)8-9-17/h4,6-7,12H,5,8-11,13H2,1-3H3. The predicted octanol–water partition coefficient (Wildman–Crippen LogP) is 2.60. The van der Waals surface area contributed by atoms with Gasteiger partial charge in [-0.3, -0.25) is 4.79 Å². The number of nitrogens with zero attached hydrogens (tertiary/aromatic N) is 2.